The van der Waals surface area contributed by atoms with Gasteiger partial charge in [-0.25, -0.2) is 10.8 Å². The molecule has 0 aliphatic heterocycles. The molecule has 0 saturated heterocycles. The fourth-order valence-corrected chi connectivity index (χ4v) is 1.34. The SMILES string of the molecule is N#Cc1cc[n+](N)cc1.O=[N+]([O-])c1cnc(Cl)nc1Cl. The summed E-state index contributed by atoms with van der Waals surface area (Å²) in [5.74, 6) is 5.29. The maximum atomic E-state index is 10.1. The van der Waals surface area contributed by atoms with E-state index in [0.717, 1.165) is 6.20 Å². The van der Waals surface area contributed by atoms with Crippen LogP contribution in [0.3, 0.4) is 0 Å². The van der Waals surface area contributed by atoms with Crippen molar-refractivity contribution < 1.29 is 9.60 Å². The average Bonchev–Trinajstić information content (AvgIpc) is 2.40. The summed E-state index contributed by atoms with van der Waals surface area (Å²) in [6, 6.07) is 5.29. The summed E-state index contributed by atoms with van der Waals surface area (Å²) in [5, 5.41) is 18.1. The summed E-state index contributed by atoms with van der Waals surface area (Å²) in [6.07, 6.45) is 4.20. The molecule has 0 radical (unpaired) electrons. The Morgan fingerprint density at radius 3 is 2.45 bits per heavy atom. The topological polar surface area (TPSA) is 123 Å². The Labute approximate surface area is 123 Å². The third kappa shape index (κ3) is 4.64. The number of nitrogen functional groups attached to an aromatic ring is 1. The highest BCUT2D eigenvalue weighted by atomic mass is 35.5. The van der Waals surface area contributed by atoms with Crippen molar-refractivity contribution in [3.8, 4) is 6.07 Å². The van der Waals surface area contributed by atoms with Gasteiger partial charge in [-0.1, -0.05) is 16.3 Å². The molecule has 8 nitrogen and oxygen atoms in total. The van der Waals surface area contributed by atoms with Crippen LogP contribution in [0.1, 0.15) is 5.56 Å². The van der Waals surface area contributed by atoms with Gasteiger partial charge in [0.25, 0.3) is 0 Å². The van der Waals surface area contributed by atoms with Crippen molar-refractivity contribution in [1.82, 2.24) is 9.97 Å². The number of nitrogens with zero attached hydrogens (tertiary/aromatic N) is 5. The Bertz CT molecular complexity index is 656. The Morgan fingerprint density at radius 1 is 1.40 bits per heavy atom. The van der Waals surface area contributed by atoms with E-state index in [0.29, 0.717) is 5.56 Å². The largest absolute Gasteiger partial charge is 0.324 e. The molecule has 0 spiro atoms. The van der Waals surface area contributed by atoms with Gasteiger partial charge in [0.2, 0.25) is 22.8 Å². The maximum absolute atomic E-state index is 10.1. The standard InChI is InChI=1S/C6H6N3.C4HCl2N3O2/c7-5-6-1-3-9(8)4-2-6;5-3-2(9(10)11)1-7-4(6)8-3/h1-4H,8H2;1H/q+1;. The van der Waals surface area contributed by atoms with Gasteiger partial charge in [-0.3, -0.25) is 10.1 Å². The van der Waals surface area contributed by atoms with E-state index in [2.05, 4.69) is 9.97 Å². The van der Waals surface area contributed by atoms with E-state index < -0.39 is 4.92 Å². The number of nitro groups is 1. The van der Waals surface area contributed by atoms with Gasteiger partial charge in [-0.05, 0) is 11.6 Å². The zero-order valence-corrected chi connectivity index (χ0v) is 11.3. The highest BCUT2D eigenvalue weighted by molar-refractivity contribution is 6.33. The first-order valence-corrected chi connectivity index (χ1v) is 5.68. The van der Waals surface area contributed by atoms with Gasteiger partial charge >= 0.3 is 5.69 Å². The third-order valence-corrected chi connectivity index (χ3v) is 2.33. The van der Waals surface area contributed by atoms with Crippen molar-refractivity contribution in [2.24, 2.45) is 0 Å². The molecule has 2 aromatic rings. The lowest BCUT2D eigenvalue weighted by Gasteiger charge is -1.91. The number of nitriles is 1. The summed E-state index contributed by atoms with van der Waals surface area (Å²) in [4.78, 5) is 16.2. The highest BCUT2D eigenvalue weighted by Gasteiger charge is 2.13. The normalized spacial score (nSPS) is 9.05. The quantitative estimate of drug-likeness (QED) is 0.211. The van der Waals surface area contributed by atoms with E-state index in [9.17, 15) is 10.1 Å². The fourth-order valence-electron chi connectivity index (χ4n) is 0.970. The summed E-state index contributed by atoms with van der Waals surface area (Å²) in [7, 11) is 0. The molecule has 0 unspecified atom stereocenters. The number of hydrogen-bond donors (Lipinski definition) is 1. The van der Waals surface area contributed by atoms with Crippen molar-refractivity contribution in [2.75, 3.05) is 5.84 Å². The molecule has 0 saturated carbocycles. The number of nitrogens with two attached hydrogens (primary N) is 1. The molecule has 0 bridgehead atoms. The van der Waals surface area contributed by atoms with Crippen molar-refractivity contribution in [2.45, 2.75) is 0 Å². The predicted molar refractivity (Wildman–Crippen MR) is 70.2 cm³/mol. The summed E-state index contributed by atoms with van der Waals surface area (Å²) in [6.45, 7) is 0. The van der Waals surface area contributed by atoms with E-state index in [1.807, 2.05) is 6.07 Å². The molecule has 0 atom stereocenters. The molecule has 2 rings (SSSR count). The average molecular weight is 314 g/mol. The van der Waals surface area contributed by atoms with Gasteiger partial charge in [0, 0.05) is 12.1 Å². The molecule has 0 fully saturated rings. The summed E-state index contributed by atoms with van der Waals surface area (Å²) < 4.78 is 1.39. The number of hydrogen-bond acceptors (Lipinski definition) is 6. The van der Waals surface area contributed by atoms with Crippen LogP contribution >= 0.6 is 23.2 Å². The minimum absolute atomic E-state index is 0.111. The highest BCUT2D eigenvalue weighted by Crippen LogP contribution is 2.20. The molecule has 0 aliphatic rings. The van der Waals surface area contributed by atoms with Gasteiger partial charge in [0.15, 0.2) is 0 Å². The van der Waals surface area contributed by atoms with E-state index in [1.165, 1.54) is 4.68 Å². The van der Waals surface area contributed by atoms with Gasteiger partial charge in [0.05, 0.1) is 16.6 Å². The van der Waals surface area contributed by atoms with Crippen LogP contribution < -0.4 is 10.5 Å². The van der Waals surface area contributed by atoms with Gasteiger partial charge in [0.1, 0.15) is 6.20 Å². The van der Waals surface area contributed by atoms with Gasteiger partial charge in [-0.15, -0.1) is 0 Å². The molecule has 0 amide bonds. The number of halogens is 2. The monoisotopic (exact) mass is 313 g/mol. The van der Waals surface area contributed by atoms with E-state index in [-0.39, 0.29) is 16.1 Å². The predicted octanol–water partition coefficient (Wildman–Crippen LogP) is 1.25. The van der Waals surface area contributed by atoms with Gasteiger partial charge < -0.3 is 0 Å². The zero-order chi connectivity index (χ0) is 15.1. The van der Waals surface area contributed by atoms with Gasteiger partial charge in [-0.2, -0.15) is 10.2 Å². The minimum atomic E-state index is -0.682. The van der Waals surface area contributed by atoms with Crippen molar-refractivity contribution in [1.29, 1.82) is 5.26 Å². The molecule has 2 aromatic heterocycles. The summed E-state index contributed by atoms with van der Waals surface area (Å²) in [5.41, 5.74) is 0.271. The molecular weight excluding hydrogens is 307 g/mol. The van der Waals surface area contributed by atoms with Crippen molar-refractivity contribution >= 4 is 28.9 Å². The minimum Gasteiger partial charge on any atom is -0.258 e. The second kappa shape index (κ2) is 7.18. The second-order valence-electron chi connectivity index (χ2n) is 3.22. The second-order valence-corrected chi connectivity index (χ2v) is 3.91. The Kier molecular flexibility index (Phi) is 5.58. The van der Waals surface area contributed by atoms with Crippen LogP contribution in [-0.2, 0) is 0 Å². The lowest BCUT2D eigenvalue weighted by atomic mass is 10.3. The van der Waals surface area contributed by atoms with E-state index >= 15 is 0 Å². The molecule has 10 heteroatoms. The van der Waals surface area contributed by atoms with Crippen LogP contribution in [0.15, 0.2) is 30.7 Å². The Hall–Kier alpha value is -2.50. The Balaban J connectivity index is 0.000000204. The van der Waals surface area contributed by atoms with E-state index in [4.69, 9.17) is 34.3 Å². The molecular formula is C10H7Cl2N6O2+. The zero-order valence-electron chi connectivity index (χ0n) is 9.77. The van der Waals surface area contributed by atoms with E-state index in [1.54, 1.807) is 24.5 Å². The first-order chi connectivity index (χ1) is 9.43. The Morgan fingerprint density at radius 2 is 2.00 bits per heavy atom. The van der Waals surface area contributed by atoms with Crippen LogP contribution in [-0.4, -0.2) is 14.9 Å². The molecule has 0 aliphatic carbocycles. The molecule has 2 heterocycles. The first-order valence-electron chi connectivity index (χ1n) is 4.93. The molecule has 0 aromatic carbocycles. The van der Waals surface area contributed by atoms with Crippen LogP contribution in [0.5, 0.6) is 0 Å². The summed E-state index contributed by atoms with van der Waals surface area (Å²) >= 11 is 10.6. The number of pyridine rings is 1. The van der Waals surface area contributed by atoms with Crippen molar-refractivity contribution in [3.63, 3.8) is 0 Å². The number of rotatable bonds is 1. The number of aromatic nitrogens is 3. The molecule has 2 N–H and O–H groups in total. The smallest absolute Gasteiger partial charge is 0.258 e. The van der Waals surface area contributed by atoms with Crippen molar-refractivity contribution in [3.05, 3.63) is 56.8 Å². The third-order valence-electron chi connectivity index (χ3n) is 1.87. The van der Waals surface area contributed by atoms with Crippen LogP contribution in [0.2, 0.25) is 10.4 Å². The fraction of sp³-hybridized carbons (Fsp3) is 0. The molecule has 20 heavy (non-hydrogen) atoms. The first kappa shape index (κ1) is 15.6. The lowest BCUT2D eigenvalue weighted by Crippen LogP contribution is -2.43. The maximum Gasteiger partial charge on any atom is 0.324 e. The van der Waals surface area contributed by atoms with Crippen LogP contribution in [0, 0.1) is 21.4 Å². The molecule has 102 valence electrons. The van der Waals surface area contributed by atoms with Crippen LogP contribution in [0.4, 0.5) is 5.69 Å². The lowest BCUT2D eigenvalue weighted by molar-refractivity contribution is -0.638. The van der Waals surface area contributed by atoms with Crippen LogP contribution in [0.25, 0.3) is 0 Å².